The highest BCUT2D eigenvalue weighted by atomic mass is 16.5. The van der Waals surface area contributed by atoms with Crippen LogP contribution in [0, 0.1) is 5.92 Å². The zero-order chi connectivity index (χ0) is 22.3. The molecule has 0 aromatic heterocycles. The highest BCUT2D eigenvalue weighted by Gasteiger charge is 2.30. The third kappa shape index (κ3) is 5.54. The zero-order valence-electron chi connectivity index (χ0n) is 19.6. The maximum atomic E-state index is 5.55. The predicted molar refractivity (Wildman–Crippen MR) is 133 cm³/mol. The van der Waals surface area contributed by atoms with Crippen LogP contribution >= 0.6 is 0 Å². The molecule has 0 radical (unpaired) electrons. The van der Waals surface area contributed by atoms with E-state index in [-0.39, 0.29) is 0 Å². The van der Waals surface area contributed by atoms with Crippen LogP contribution in [0.3, 0.4) is 0 Å². The van der Waals surface area contributed by atoms with Gasteiger partial charge in [-0.15, -0.1) is 0 Å². The first kappa shape index (κ1) is 22.5. The van der Waals surface area contributed by atoms with Crippen LogP contribution in [-0.2, 0) is 6.54 Å². The lowest BCUT2D eigenvalue weighted by molar-refractivity contribution is 0.258. The third-order valence-corrected chi connectivity index (χ3v) is 6.77. The number of guanidine groups is 1. The maximum Gasteiger partial charge on any atom is 0.191 e. The van der Waals surface area contributed by atoms with Gasteiger partial charge in [0.05, 0.1) is 12.8 Å². The van der Waals surface area contributed by atoms with Gasteiger partial charge >= 0.3 is 0 Å². The minimum absolute atomic E-state index is 0.425. The highest BCUT2D eigenvalue weighted by molar-refractivity contribution is 5.80. The molecule has 2 fully saturated rings. The van der Waals surface area contributed by atoms with Gasteiger partial charge in [0.25, 0.3) is 0 Å². The Kier molecular flexibility index (Phi) is 7.53. The lowest BCUT2D eigenvalue weighted by Gasteiger charge is -2.22. The van der Waals surface area contributed by atoms with Crippen molar-refractivity contribution in [1.29, 1.82) is 0 Å². The molecule has 32 heavy (non-hydrogen) atoms. The molecule has 0 spiro atoms. The van der Waals surface area contributed by atoms with Crippen LogP contribution < -0.4 is 20.3 Å². The van der Waals surface area contributed by atoms with E-state index >= 15 is 0 Å². The van der Waals surface area contributed by atoms with E-state index in [0.717, 1.165) is 50.9 Å². The van der Waals surface area contributed by atoms with E-state index in [1.807, 2.05) is 19.2 Å². The van der Waals surface area contributed by atoms with Crippen LogP contribution in [0.1, 0.15) is 25.3 Å². The molecule has 0 saturated carbocycles. The normalized spacial score (nSPS) is 24.0. The summed E-state index contributed by atoms with van der Waals surface area (Å²) in [6, 6.07) is 20.0. The first-order chi connectivity index (χ1) is 15.7. The second kappa shape index (κ2) is 10.7. The van der Waals surface area contributed by atoms with E-state index in [2.05, 4.69) is 74.8 Å². The molecule has 3 atom stereocenters. The molecular weight excluding hydrogens is 398 g/mol. The Bertz CT molecular complexity index is 887. The number of benzene rings is 2. The molecule has 6 nitrogen and oxygen atoms in total. The molecule has 2 N–H and O–H groups in total. The molecule has 2 aliphatic rings. The van der Waals surface area contributed by atoms with E-state index in [0.29, 0.717) is 18.0 Å². The van der Waals surface area contributed by atoms with Gasteiger partial charge in [-0.3, -0.25) is 9.89 Å². The van der Waals surface area contributed by atoms with E-state index in [9.17, 15) is 0 Å². The minimum Gasteiger partial charge on any atom is -0.495 e. The molecule has 6 heteroatoms. The van der Waals surface area contributed by atoms with Crippen molar-refractivity contribution in [2.24, 2.45) is 10.9 Å². The number of nitrogens with zero attached hydrogens (tertiary/aromatic N) is 3. The standard InChI is InChI=1S/C26H37N5O/c1-20-15-23(19-31(20)17-21-9-5-4-6-10-21)29-26(27-2)28-16-22-13-14-30(18-22)24-11-7-8-12-25(24)32-3/h4-12,20,22-23H,13-19H2,1-3H3,(H2,27,28,29). The fraction of sp³-hybridized carbons (Fsp3) is 0.500. The Balaban J connectivity index is 1.24. The van der Waals surface area contributed by atoms with E-state index < -0.39 is 0 Å². The first-order valence-corrected chi connectivity index (χ1v) is 11.8. The quantitative estimate of drug-likeness (QED) is 0.516. The lowest BCUT2D eigenvalue weighted by atomic mass is 10.1. The Labute approximate surface area is 192 Å². The Morgan fingerprint density at radius 1 is 1.09 bits per heavy atom. The summed E-state index contributed by atoms with van der Waals surface area (Å²) in [4.78, 5) is 9.48. The zero-order valence-corrected chi connectivity index (χ0v) is 19.6. The molecule has 0 aliphatic carbocycles. The van der Waals surface area contributed by atoms with Gasteiger partial charge in [0.15, 0.2) is 5.96 Å². The van der Waals surface area contributed by atoms with Crippen molar-refractivity contribution < 1.29 is 4.74 Å². The number of ether oxygens (including phenoxy) is 1. The summed E-state index contributed by atoms with van der Waals surface area (Å²) in [6.45, 7) is 7.41. The average Bonchev–Trinajstić information content (AvgIpc) is 3.43. The van der Waals surface area contributed by atoms with Gasteiger partial charge in [0.1, 0.15) is 5.75 Å². The summed E-state index contributed by atoms with van der Waals surface area (Å²) in [5.74, 6) is 2.46. The molecule has 0 bridgehead atoms. The van der Waals surface area contributed by atoms with E-state index in [1.54, 1.807) is 7.11 Å². The summed E-state index contributed by atoms with van der Waals surface area (Å²) in [5, 5.41) is 7.24. The Morgan fingerprint density at radius 3 is 2.66 bits per heavy atom. The smallest absolute Gasteiger partial charge is 0.191 e. The molecular formula is C26H37N5O. The van der Waals surface area contributed by atoms with Crippen LogP contribution in [0.4, 0.5) is 5.69 Å². The number of likely N-dealkylation sites (tertiary alicyclic amines) is 1. The van der Waals surface area contributed by atoms with Gasteiger partial charge in [-0.05, 0) is 43.4 Å². The van der Waals surface area contributed by atoms with Crippen molar-refractivity contribution in [2.45, 2.75) is 38.4 Å². The van der Waals surface area contributed by atoms with Crippen molar-refractivity contribution in [1.82, 2.24) is 15.5 Å². The molecule has 0 amide bonds. The molecule has 4 rings (SSSR count). The largest absolute Gasteiger partial charge is 0.495 e. The number of para-hydroxylation sites is 2. The Hall–Kier alpha value is -2.73. The topological polar surface area (TPSA) is 52.1 Å². The molecule has 2 aliphatic heterocycles. The van der Waals surface area contributed by atoms with Crippen molar-refractivity contribution in [3.63, 3.8) is 0 Å². The molecule has 3 unspecified atom stereocenters. The van der Waals surface area contributed by atoms with Gasteiger partial charge in [-0.1, -0.05) is 42.5 Å². The highest BCUT2D eigenvalue weighted by Crippen LogP contribution is 2.31. The van der Waals surface area contributed by atoms with Crippen molar-refractivity contribution in [3.05, 3.63) is 60.2 Å². The SMILES string of the molecule is CN=C(NCC1CCN(c2ccccc2OC)C1)NC1CC(C)N(Cc2ccccc2)C1. The van der Waals surface area contributed by atoms with Crippen LogP contribution in [0.15, 0.2) is 59.6 Å². The number of anilines is 1. The van der Waals surface area contributed by atoms with Gasteiger partial charge in [-0.2, -0.15) is 0 Å². The van der Waals surface area contributed by atoms with Gasteiger partial charge in [0, 0.05) is 51.9 Å². The summed E-state index contributed by atoms with van der Waals surface area (Å²) in [7, 11) is 3.61. The lowest BCUT2D eigenvalue weighted by Crippen LogP contribution is -2.46. The minimum atomic E-state index is 0.425. The summed E-state index contributed by atoms with van der Waals surface area (Å²) >= 11 is 0. The van der Waals surface area contributed by atoms with Crippen molar-refractivity contribution in [2.75, 3.05) is 45.2 Å². The van der Waals surface area contributed by atoms with E-state index in [1.165, 1.54) is 17.7 Å². The van der Waals surface area contributed by atoms with Gasteiger partial charge < -0.3 is 20.3 Å². The average molecular weight is 436 g/mol. The van der Waals surface area contributed by atoms with Crippen LogP contribution in [0.2, 0.25) is 0 Å². The van der Waals surface area contributed by atoms with Crippen molar-refractivity contribution in [3.8, 4) is 5.75 Å². The second-order valence-corrected chi connectivity index (χ2v) is 9.07. The van der Waals surface area contributed by atoms with Crippen LogP contribution in [0.25, 0.3) is 0 Å². The number of rotatable bonds is 7. The summed E-state index contributed by atoms with van der Waals surface area (Å²) in [5.41, 5.74) is 2.57. The number of aliphatic imine (C=N–C) groups is 1. The fourth-order valence-corrected chi connectivity index (χ4v) is 4.98. The number of methoxy groups -OCH3 is 1. The summed E-state index contributed by atoms with van der Waals surface area (Å²) < 4.78 is 5.55. The number of hydrogen-bond acceptors (Lipinski definition) is 4. The maximum absolute atomic E-state index is 5.55. The molecule has 2 aromatic carbocycles. The second-order valence-electron chi connectivity index (χ2n) is 9.07. The number of hydrogen-bond donors (Lipinski definition) is 2. The molecule has 172 valence electrons. The predicted octanol–water partition coefficient (Wildman–Crippen LogP) is 3.35. The van der Waals surface area contributed by atoms with Crippen molar-refractivity contribution >= 4 is 11.6 Å². The molecule has 2 saturated heterocycles. The molecule has 2 heterocycles. The summed E-state index contributed by atoms with van der Waals surface area (Å²) in [6.07, 6.45) is 2.31. The van der Waals surface area contributed by atoms with Gasteiger partial charge in [-0.25, -0.2) is 0 Å². The van der Waals surface area contributed by atoms with Crippen LogP contribution in [0.5, 0.6) is 5.75 Å². The third-order valence-electron chi connectivity index (χ3n) is 6.77. The first-order valence-electron chi connectivity index (χ1n) is 11.8. The van der Waals surface area contributed by atoms with Crippen LogP contribution in [-0.4, -0.2) is 63.3 Å². The fourth-order valence-electron chi connectivity index (χ4n) is 4.98. The number of nitrogens with one attached hydrogen (secondary N) is 2. The molecule has 2 aromatic rings. The Morgan fingerprint density at radius 2 is 1.88 bits per heavy atom. The van der Waals surface area contributed by atoms with Gasteiger partial charge in [0.2, 0.25) is 0 Å². The van der Waals surface area contributed by atoms with E-state index in [4.69, 9.17) is 4.74 Å². The monoisotopic (exact) mass is 435 g/mol.